The zero-order valence-corrected chi connectivity index (χ0v) is 11.5. The Labute approximate surface area is 113 Å². The molecule has 1 aromatic heterocycles. The molecule has 2 heterocycles. The van der Waals surface area contributed by atoms with Gasteiger partial charge in [-0.25, -0.2) is 0 Å². The molecule has 1 aliphatic heterocycles. The largest absolute Gasteiger partial charge is 0.333 e. The van der Waals surface area contributed by atoms with Crippen molar-refractivity contribution >= 4 is 5.91 Å². The Hall–Kier alpha value is -1.62. The fourth-order valence-corrected chi connectivity index (χ4v) is 2.50. The minimum atomic E-state index is -0.311. The number of carbonyl (C=O) groups excluding carboxylic acids is 1. The molecule has 104 valence electrons. The molecule has 0 bridgehead atoms. The standard InChI is InChI=1S/C14H21N3O2/c1-3-10-9-17(11(4-2)8-16-10)14(19)12-6-5-7-15-13(12)18/h5-7,10-11,16H,3-4,8-9H2,1-2H3,(H,15,18). The lowest BCUT2D eigenvalue weighted by atomic mass is 10.0. The minimum absolute atomic E-state index is 0.159. The number of hydrogen-bond acceptors (Lipinski definition) is 3. The monoisotopic (exact) mass is 263 g/mol. The summed E-state index contributed by atoms with van der Waals surface area (Å²) in [6, 6.07) is 3.76. The van der Waals surface area contributed by atoms with Crippen LogP contribution in [0.3, 0.4) is 0 Å². The summed E-state index contributed by atoms with van der Waals surface area (Å²) in [7, 11) is 0. The number of nitrogens with zero attached hydrogens (tertiary/aromatic N) is 1. The van der Waals surface area contributed by atoms with Gasteiger partial charge in [0.25, 0.3) is 11.5 Å². The van der Waals surface area contributed by atoms with Crippen LogP contribution < -0.4 is 10.9 Å². The maximum atomic E-state index is 12.5. The molecular formula is C14H21N3O2. The van der Waals surface area contributed by atoms with Crippen LogP contribution in [0.25, 0.3) is 0 Å². The zero-order chi connectivity index (χ0) is 13.8. The number of amides is 1. The van der Waals surface area contributed by atoms with Crippen molar-refractivity contribution in [3.63, 3.8) is 0 Å². The van der Waals surface area contributed by atoms with Crippen molar-refractivity contribution in [2.75, 3.05) is 13.1 Å². The van der Waals surface area contributed by atoms with Crippen molar-refractivity contribution in [3.05, 3.63) is 34.2 Å². The van der Waals surface area contributed by atoms with Gasteiger partial charge in [0, 0.05) is 31.4 Å². The smallest absolute Gasteiger partial charge is 0.260 e. The highest BCUT2D eigenvalue weighted by Gasteiger charge is 2.30. The number of pyridine rings is 1. The summed E-state index contributed by atoms with van der Waals surface area (Å²) in [5, 5.41) is 3.44. The van der Waals surface area contributed by atoms with E-state index in [1.807, 2.05) is 4.90 Å². The maximum Gasteiger partial charge on any atom is 0.260 e. The summed E-state index contributed by atoms with van der Waals surface area (Å²) in [5.74, 6) is -0.159. The normalized spacial score (nSPS) is 23.4. The topological polar surface area (TPSA) is 65.2 Å². The van der Waals surface area contributed by atoms with Gasteiger partial charge in [-0.15, -0.1) is 0 Å². The van der Waals surface area contributed by atoms with E-state index in [1.165, 1.54) is 0 Å². The Balaban J connectivity index is 2.24. The lowest BCUT2D eigenvalue weighted by molar-refractivity contribution is 0.0574. The van der Waals surface area contributed by atoms with Gasteiger partial charge < -0.3 is 15.2 Å². The molecule has 2 N–H and O–H groups in total. The SMILES string of the molecule is CCC1CN(C(=O)c2ccc[nH]c2=O)C(CC)CN1. The van der Waals surface area contributed by atoms with Crippen LogP contribution in [0, 0.1) is 0 Å². The predicted octanol–water partition coefficient (Wildman–Crippen LogP) is 0.978. The molecule has 5 heteroatoms. The molecule has 2 rings (SSSR count). The quantitative estimate of drug-likeness (QED) is 0.854. The average molecular weight is 263 g/mol. The molecule has 1 aromatic rings. The predicted molar refractivity (Wildman–Crippen MR) is 74.3 cm³/mol. The lowest BCUT2D eigenvalue weighted by Crippen LogP contribution is -2.58. The molecule has 0 spiro atoms. The van der Waals surface area contributed by atoms with Crippen molar-refractivity contribution < 1.29 is 4.79 Å². The molecule has 0 aromatic carbocycles. The molecule has 5 nitrogen and oxygen atoms in total. The number of carbonyl (C=O) groups is 1. The number of hydrogen-bond donors (Lipinski definition) is 2. The molecule has 2 unspecified atom stereocenters. The van der Waals surface area contributed by atoms with E-state index >= 15 is 0 Å². The first-order chi connectivity index (χ1) is 9.17. The van der Waals surface area contributed by atoms with Crippen molar-refractivity contribution in [3.8, 4) is 0 Å². The van der Waals surface area contributed by atoms with Gasteiger partial charge in [0.2, 0.25) is 0 Å². The Kier molecular flexibility index (Phi) is 4.37. The third-order valence-electron chi connectivity index (χ3n) is 3.77. The van der Waals surface area contributed by atoms with E-state index in [-0.39, 0.29) is 23.1 Å². The Morgan fingerprint density at radius 1 is 1.42 bits per heavy atom. The highest BCUT2D eigenvalue weighted by molar-refractivity contribution is 5.94. The molecule has 0 radical (unpaired) electrons. The number of piperazine rings is 1. The number of rotatable bonds is 3. The van der Waals surface area contributed by atoms with E-state index in [2.05, 4.69) is 24.1 Å². The van der Waals surface area contributed by atoms with E-state index < -0.39 is 0 Å². The third kappa shape index (κ3) is 2.87. The Morgan fingerprint density at radius 3 is 2.84 bits per heavy atom. The molecule has 1 saturated heterocycles. The van der Waals surface area contributed by atoms with E-state index in [4.69, 9.17) is 0 Å². The van der Waals surface area contributed by atoms with Crippen LogP contribution >= 0.6 is 0 Å². The van der Waals surface area contributed by atoms with Gasteiger partial charge in [-0.3, -0.25) is 9.59 Å². The lowest BCUT2D eigenvalue weighted by Gasteiger charge is -2.39. The second-order valence-electron chi connectivity index (χ2n) is 4.95. The number of aromatic nitrogens is 1. The fourth-order valence-electron chi connectivity index (χ4n) is 2.50. The summed E-state index contributed by atoms with van der Waals surface area (Å²) in [6.45, 7) is 5.63. The van der Waals surface area contributed by atoms with Gasteiger partial charge in [0.05, 0.1) is 0 Å². The summed E-state index contributed by atoms with van der Waals surface area (Å²) < 4.78 is 0. The number of aromatic amines is 1. The second-order valence-corrected chi connectivity index (χ2v) is 4.95. The van der Waals surface area contributed by atoms with E-state index in [9.17, 15) is 9.59 Å². The maximum absolute atomic E-state index is 12.5. The third-order valence-corrected chi connectivity index (χ3v) is 3.77. The van der Waals surface area contributed by atoms with Gasteiger partial charge in [-0.2, -0.15) is 0 Å². The van der Waals surface area contributed by atoms with Gasteiger partial charge >= 0.3 is 0 Å². The van der Waals surface area contributed by atoms with Gasteiger partial charge in [0.1, 0.15) is 5.56 Å². The summed E-state index contributed by atoms with van der Waals surface area (Å²) >= 11 is 0. The minimum Gasteiger partial charge on any atom is -0.333 e. The molecule has 0 aliphatic carbocycles. The van der Waals surface area contributed by atoms with Crippen molar-refractivity contribution in [2.45, 2.75) is 38.8 Å². The van der Waals surface area contributed by atoms with Crippen LogP contribution in [0.2, 0.25) is 0 Å². The first kappa shape index (κ1) is 13.8. The average Bonchev–Trinajstić information content (AvgIpc) is 2.46. The second kappa shape index (κ2) is 6.02. The zero-order valence-electron chi connectivity index (χ0n) is 11.5. The van der Waals surface area contributed by atoms with E-state index in [0.29, 0.717) is 12.6 Å². The van der Waals surface area contributed by atoms with E-state index in [1.54, 1.807) is 18.3 Å². The molecule has 1 aliphatic rings. The van der Waals surface area contributed by atoms with Crippen molar-refractivity contribution in [1.29, 1.82) is 0 Å². The molecule has 1 fully saturated rings. The highest BCUT2D eigenvalue weighted by atomic mass is 16.2. The molecule has 0 saturated carbocycles. The van der Waals surface area contributed by atoms with Crippen LogP contribution in [0.15, 0.2) is 23.1 Å². The van der Waals surface area contributed by atoms with Crippen LogP contribution in [0.1, 0.15) is 37.0 Å². The first-order valence-electron chi connectivity index (χ1n) is 6.89. The van der Waals surface area contributed by atoms with Crippen LogP contribution in [0.5, 0.6) is 0 Å². The van der Waals surface area contributed by atoms with Gasteiger partial charge in [-0.1, -0.05) is 13.8 Å². The van der Waals surface area contributed by atoms with Crippen molar-refractivity contribution in [1.82, 2.24) is 15.2 Å². The van der Waals surface area contributed by atoms with Crippen LogP contribution in [0.4, 0.5) is 0 Å². The van der Waals surface area contributed by atoms with Gasteiger partial charge in [-0.05, 0) is 25.0 Å². The Morgan fingerprint density at radius 2 is 2.21 bits per heavy atom. The number of nitrogens with one attached hydrogen (secondary N) is 2. The highest BCUT2D eigenvalue weighted by Crippen LogP contribution is 2.14. The Bertz CT molecular complexity index is 497. The van der Waals surface area contributed by atoms with Crippen LogP contribution in [-0.2, 0) is 0 Å². The molecular weight excluding hydrogens is 242 g/mol. The first-order valence-corrected chi connectivity index (χ1v) is 6.89. The van der Waals surface area contributed by atoms with Gasteiger partial charge in [0.15, 0.2) is 0 Å². The van der Waals surface area contributed by atoms with Crippen LogP contribution in [-0.4, -0.2) is 41.0 Å². The molecule has 19 heavy (non-hydrogen) atoms. The summed E-state index contributed by atoms with van der Waals surface area (Å²) in [4.78, 5) is 28.7. The molecule has 1 amide bonds. The van der Waals surface area contributed by atoms with Crippen molar-refractivity contribution in [2.24, 2.45) is 0 Å². The summed E-state index contributed by atoms with van der Waals surface area (Å²) in [5.41, 5.74) is -0.0772. The summed E-state index contributed by atoms with van der Waals surface area (Å²) in [6.07, 6.45) is 3.41. The fraction of sp³-hybridized carbons (Fsp3) is 0.571. The number of H-pyrrole nitrogens is 1. The van der Waals surface area contributed by atoms with E-state index in [0.717, 1.165) is 19.4 Å². The molecule has 2 atom stereocenters.